The van der Waals surface area contributed by atoms with Crippen LogP contribution in [0.1, 0.15) is 73.6 Å². The predicted octanol–water partition coefficient (Wildman–Crippen LogP) is 3.56. The van der Waals surface area contributed by atoms with Gasteiger partial charge in [0.1, 0.15) is 12.1 Å². The van der Waals surface area contributed by atoms with Crippen molar-refractivity contribution in [2.24, 2.45) is 17.8 Å². The van der Waals surface area contributed by atoms with Crippen LogP contribution >= 0.6 is 0 Å². The van der Waals surface area contributed by atoms with Crippen molar-refractivity contribution in [3.8, 4) is 0 Å². The number of allylic oxidation sites excluding steroid dienone is 4. The van der Waals surface area contributed by atoms with Crippen molar-refractivity contribution in [3.05, 3.63) is 36.5 Å². The van der Waals surface area contributed by atoms with Gasteiger partial charge in [0.25, 0.3) is 0 Å². The number of likely N-dealkylation sites (N-methyl/N-ethyl adjacent to an activating group) is 1. The van der Waals surface area contributed by atoms with Gasteiger partial charge in [-0.1, -0.05) is 71.9 Å². The van der Waals surface area contributed by atoms with Crippen molar-refractivity contribution < 1.29 is 39.0 Å². The first kappa shape index (κ1) is 41.0. The number of hydrogen-bond donors (Lipinski definition) is 4. The van der Waals surface area contributed by atoms with Crippen LogP contribution in [-0.4, -0.2) is 108 Å². The standard InChI is InChI=1S/C34H58N4O8/c1-11-14-16-24(13-3)19-25(34(42)43)35-32(40)23(7)31(46-10)26-17-15-18-38(26)28(39)20-27(45-9)30(22(6)12-2)37(8)33(41)29(36-44)21(4)5/h11,13-14,16,21-23,25-27,29-31,36,44H,3,12,15,17-20H2,1-2,4-10H3,(H,35,40)(H,42,43)/b14-11-,24-16+/t22-,23?,25-,26-,27+,29-,30-,31+/m0/s1. The lowest BCUT2D eigenvalue weighted by molar-refractivity contribution is -0.149. The fourth-order valence-corrected chi connectivity index (χ4v) is 6.19. The predicted molar refractivity (Wildman–Crippen MR) is 177 cm³/mol. The Bertz CT molecular complexity index is 1080. The van der Waals surface area contributed by atoms with Crippen molar-refractivity contribution in [1.82, 2.24) is 20.6 Å². The van der Waals surface area contributed by atoms with Gasteiger partial charge in [-0.15, -0.1) is 0 Å². The number of carboxylic acids is 1. The van der Waals surface area contributed by atoms with Crippen LogP contribution in [-0.2, 0) is 28.7 Å². The Kier molecular flexibility index (Phi) is 18.0. The van der Waals surface area contributed by atoms with Gasteiger partial charge < -0.3 is 34.9 Å². The second-order valence-corrected chi connectivity index (χ2v) is 12.5. The summed E-state index contributed by atoms with van der Waals surface area (Å²) in [5.41, 5.74) is 2.79. The van der Waals surface area contributed by atoms with Crippen molar-refractivity contribution in [3.63, 3.8) is 0 Å². The lowest BCUT2D eigenvalue weighted by atomic mass is 9.89. The normalized spacial score (nSPS) is 20.1. The minimum atomic E-state index is -1.17. The Morgan fingerprint density at radius 1 is 1.11 bits per heavy atom. The fourth-order valence-electron chi connectivity index (χ4n) is 6.19. The minimum absolute atomic E-state index is 0.000499. The van der Waals surface area contributed by atoms with Gasteiger partial charge in [-0.3, -0.25) is 14.4 Å². The second kappa shape index (κ2) is 20.2. The topological polar surface area (TPSA) is 158 Å². The molecule has 4 N–H and O–H groups in total. The molecule has 12 heteroatoms. The van der Waals surface area contributed by atoms with Gasteiger partial charge in [-0.2, -0.15) is 5.48 Å². The summed E-state index contributed by atoms with van der Waals surface area (Å²) in [5.74, 6) is -3.08. The Morgan fingerprint density at radius 3 is 2.24 bits per heavy atom. The van der Waals surface area contributed by atoms with E-state index in [0.717, 1.165) is 6.42 Å². The summed E-state index contributed by atoms with van der Waals surface area (Å²) in [5, 5.41) is 22.1. The van der Waals surface area contributed by atoms with Crippen molar-refractivity contribution in [2.45, 2.75) is 110 Å². The molecule has 1 aliphatic heterocycles. The molecule has 1 saturated heterocycles. The first-order valence-corrected chi connectivity index (χ1v) is 16.2. The number of carbonyl (C=O) groups is 4. The van der Waals surface area contributed by atoms with Gasteiger partial charge in [0.15, 0.2) is 0 Å². The molecule has 0 aromatic carbocycles. The number of aliphatic carboxylic acids is 1. The van der Waals surface area contributed by atoms with Crippen LogP contribution in [0.25, 0.3) is 0 Å². The summed E-state index contributed by atoms with van der Waals surface area (Å²) in [6.07, 6.45) is 7.70. The molecule has 0 aromatic rings. The zero-order valence-corrected chi connectivity index (χ0v) is 29.2. The lowest BCUT2D eigenvalue weighted by Gasteiger charge is -2.40. The number of methoxy groups -OCH3 is 2. The van der Waals surface area contributed by atoms with Crippen molar-refractivity contribution in [2.75, 3.05) is 27.8 Å². The van der Waals surface area contributed by atoms with Crippen LogP contribution in [0.5, 0.6) is 0 Å². The molecule has 1 rings (SSSR count). The zero-order valence-electron chi connectivity index (χ0n) is 29.2. The molecular weight excluding hydrogens is 592 g/mol. The summed E-state index contributed by atoms with van der Waals surface area (Å²) >= 11 is 0. The van der Waals surface area contributed by atoms with E-state index in [1.807, 2.05) is 40.7 Å². The summed E-state index contributed by atoms with van der Waals surface area (Å²) in [4.78, 5) is 55.9. The molecule has 46 heavy (non-hydrogen) atoms. The van der Waals surface area contributed by atoms with E-state index in [1.54, 1.807) is 42.0 Å². The van der Waals surface area contributed by atoms with Crippen molar-refractivity contribution >= 4 is 23.7 Å². The van der Waals surface area contributed by atoms with Gasteiger partial charge in [0.05, 0.1) is 36.6 Å². The molecule has 0 aliphatic carbocycles. The van der Waals surface area contributed by atoms with E-state index in [4.69, 9.17) is 9.47 Å². The van der Waals surface area contributed by atoms with Crippen LogP contribution in [0.2, 0.25) is 0 Å². The van der Waals surface area contributed by atoms with Crippen LogP contribution in [0.15, 0.2) is 36.5 Å². The maximum atomic E-state index is 13.9. The van der Waals surface area contributed by atoms with Crippen LogP contribution in [0.3, 0.4) is 0 Å². The Balaban J connectivity index is 3.19. The fraction of sp³-hybridized carbons (Fsp3) is 0.706. The summed E-state index contributed by atoms with van der Waals surface area (Å²) in [7, 11) is 4.67. The summed E-state index contributed by atoms with van der Waals surface area (Å²) in [6.45, 7) is 15.4. The molecule has 0 spiro atoms. The highest BCUT2D eigenvalue weighted by Crippen LogP contribution is 2.29. The quantitative estimate of drug-likeness (QED) is 0.114. The van der Waals surface area contributed by atoms with Crippen LogP contribution in [0, 0.1) is 17.8 Å². The Hall–Kier alpha value is -3.06. The van der Waals surface area contributed by atoms with E-state index in [1.165, 1.54) is 14.2 Å². The van der Waals surface area contributed by atoms with Gasteiger partial charge in [0.2, 0.25) is 17.7 Å². The number of likely N-dealkylation sites (tertiary alicyclic amines) is 1. The highest BCUT2D eigenvalue weighted by atomic mass is 16.5. The largest absolute Gasteiger partial charge is 0.480 e. The smallest absolute Gasteiger partial charge is 0.326 e. The number of nitrogens with one attached hydrogen (secondary N) is 2. The average Bonchev–Trinajstić information content (AvgIpc) is 3.51. The van der Waals surface area contributed by atoms with Crippen LogP contribution < -0.4 is 10.8 Å². The number of carboxylic acid groups (broad SMARTS) is 1. The van der Waals surface area contributed by atoms with E-state index in [9.17, 15) is 29.5 Å². The maximum absolute atomic E-state index is 13.9. The maximum Gasteiger partial charge on any atom is 0.326 e. The molecule has 0 radical (unpaired) electrons. The number of hydrogen-bond acceptors (Lipinski definition) is 8. The van der Waals surface area contributed by atoms with E-state index in [0.29, 0.717) is 25.0 Å². The second-order valence-electron chi connectivity index (χ2n) is 12.5. The summed E-state index contributed by atoms with van der Waals surface area (Å²) < 4.78 is 11.7. The molecule has 8 atom stereocenters. The SMILES string of the molecule is C=C/C(=C\C=C/C)C[C@H](NC(=O)C(C)[C@@H](OC)[C@@H]1CCCN1C(=O)C[C@@H](OC)[C@H]([C@@H](C)CC)N(C)C(=O)[C@@H](NO)C(C)C)C(=O)O. The van der Waals surface area contributed by atoms with E-state index >= 15 is 0 Å². The number of ether oxygens (including phenoxy) is 2. The first-order chi connectivity index (χ1) is 21.7. The molecule has 0 aromatic heterocycles. The number of amides is 3. The lowest BCUT2D eigenvalue weighted by Crippen LogP contribution is -2.57. The number of rotatable bonds is 20. The number of carbonyl (C=O) groups excluding carboxylic acids is 3. The van der Waals surface area contributed by atoms with E-state index in [-0.39, 0.29) is 36.5 Å². The molecule has 262 valence electrons. The molecule has 1 fully saturated rings. The highest BCUT2D eigenvalue weighted by molar-refractivity contribution is 5.86. The van der Waals surface area contributed by atoms with Crippen LogP contribution in [0.4, 0.5) is 0 Å². The molecular formula is C34H58N4O8. The van der Waals surface area contributed by atoms with E-state index in [2.05, 4.69) is 17.4 Å². The molecule has 12 nitrogen and oxygen atoms in total. The minimum Gasteiger partial charge on any atom is -0.480 e. The third kappa shape index (κ3) is 11.0. The molecule has 0 bridgehead atoms. The third-order valence-corrected chi connectivity index (χ3v) is 9.15. The zero-order chi connectivity index (χ0) is 35.1. The van der Waals surface area contributed by atoms with E-state index < -0.39 is 54.2 Å². The monoisotopic (exact) mass is 650 g/mol. The number of nitrogens with zero attached hydrogens (tertiary/aromatic N) is 2. The molecule has 3 amide bonds. The molecule has 1 heterocycles. The Morgan fingerprint density at radius 2 is 1.76 bits per heavy atom. The molecule has 1 unspecified atom stereocenters. The van der Waals surface area contributed by atoms with Gasteiger partial charge in [-0.05, 0) is 37.2 Å². The number of hydroxylamine groups is 1. The van der Waals surface area contributed by atoms with Crippen molar-refractivity contribution in [1.29, 1.82) is 0 Å². The summed E-state index contributed by atoms with van der Waals surface area (Å²) in [6, 6.07) is -2.83. The average molecular weight is 651 g/mol. The van der Waals surface area contributed by atoms with Gasteiger partial charge >= 0.3 is 5.97 Å². The molecule has 0 saturated carbocycles. The first-order valence-electron chi connectivity index (χ1n) is 16.2. The van der Waals surface area contributed by atoms with Gasteiger partial charge in [0, 0.05) is 34.2 Å². The Labute approximate surface area is 275 Å². The molecule has 1 aliphatic rings. The third-order valence-electron chi connectivity index (χ3n) is 9.15. The highest BCUT2D eigenvalue weighted by Gasteiger charge is 2.43. The van der Waals surface area contributed by atoms with Gasteiger partial charge in [-0.25, -0.2) is 4.79 Å².